The maximum atomic E-state index is 13.8. The van der Waals surface area contributed by atoms with E-state index in [4.69, 9.17) is 27.8 Å². The fourth-order valence-corrected chi connectivity index (χ4v) is 5.37. The van der Waals surface area contributed by atoms with Crippen LogP contribution in [0.5, 0.6) is 0 Å². The standard InChI is InChI=1S/C33H50ClN5O9S/c1-6-21(4)25(32(45)38-23(16-29(41)42)15-28(34)49(5,46)47)17-27(40)26(13-10-14-37-33(35)36)39-31(44)24(20(2)3)18-30(43)48-19-22-11-8-7-9-12-22/h7-9,11-12,15,20-21,23-26H,6,10,13-14,16-19H2,1-5H3,(H,38,45)(H,39,44)(H,41,42)(H4,35,36,37)/b28-15+/t21?,23-,24+,25+,26+/m1/s1. The van der Waals surface area contributed by atoms with Crippen LogP contribution in [0.3, 0.4) is 0 Å². The first kappa shape index (κ1) is 43.0. The molecule has 49 heavy (non-hydrogen) atoms. The lowest BCUT2D eigenvalue weighted by atomic mass is 9.84. The lowest BCUT2D eigenvalue weighted by Crippen LogP contribution is -2.47. The number of hydrogen-bond donors (Lipinski definition) is 5. The van der Waals surface area contributed by atoms with Crippen molar-refractivity contribution in [3.8, 4) is 0 Å². The predicted octanol–water partition coefficient (Wildman–Crippen LogP) is 2.64. The molecular formula is C33H50ClN5O9S. The number of guanidine groups is 1. The van der Waals surface area contributed by atoms with E-state index in [2.05, 4.69) is 15.6 Å². The highest BCUT2D eigenvalue weighted by atomic mass is 35.5. The van der Waals surface area contributed by atoms with Gasteiger partial charge in [0.2, 0.25) is 11.8 Å². The number of carbonyl (C=O) groups excluding carboxylic acids is 4. The summed E-state index contributed by atoms with van der Waals surface area (Å²) >= 11 is 5.85. The third-order valence-electron chi connectivity index (χ3n) is 7.92. The lowest BCUT2D eigenvalue weighted by molar-refractivity contribution is -0.149. The van der Waals surface area contributed by atoms with Crippen LogP contribution in [0.25, 0.3) is 0 Å². The summed E-state index contributed by atoms with van der Waals surface area (Å²) in [6.45, 7) is 7.30. The monoisotopic (exact) mass is 727 g/mol. The zero-order valence-electron chi connectivity index (χ0n) is 28.7. The van der Waals surface area contributed by atoms with Gasteiger partial charge < -0.3 is 31.9 Å². The van der Waals surface area contributed by atoms with Gasteiger partial charge in [0.25, 0.3) is 0 Å². The highest BCUT2D eigenvalue weighted by Gasteiger charge is 2.34. The van der Waals surface area contributed by atoms with Crippen LogP contribution in [0.15, 0.2) is 45.8 Å². The van der Waals surface area contributed by atoms with E-state index in [1.54, 1.807) is 32.9 Å². The molecule has 16 heteroatoms. The maximum absolute atomic E-state index is 13.8. The second kappa shape index (κ2) is 21.2. The molecule has 0 saturated carbocycles. The number of aliphatic carboxylic acids is 1. The Bertz CT molecular complexity index is 1450. The summed E-state index contributed by atoms with van der Waals surface area (Å²) in [5.41, 5.74) is 11.6. The number of Topliss-reactive ketones (excluding diaryl/α,β-unsaturated/α-hetero) is 1. The molecule has 0 aliphatic rings. The van der Waals surface area contributed by atoms with Crippen LogP contribution in [0.2, 0.25) is 0 Å². The molecule has 0 heterocycles. The lowest BCUT2D eigenvalue weighted by Gasteiger charge is -2.27. The maximum Gasteiger partial charge on any atom is 0.306 e. The van der Waals surface area contributed by atoms with Gasteiger partial charge in [0, 0.05) is 25.1 Å². The van der Waals surface area contributed by atoms with E-state index < -0.39 is 74.1 Å². The second-order valence-electron chi connectivity index (χ2n) is 12.3. The number of sulfone groups is 1. The van der Waals surface area contributed by atoms with Crippen molar-refractivity contribution in [1.29, 1.82) is 0 Å². The van der Waals surface area contributed by atoms with Crippen molar-refractivity contribution in [2.45, 2.75) is 84.9 Å². The Balaban J connectivity index is 3.23. The molecule has 0 aliphatic heterocycles. The van der Waals surface area contributed by atoms with Crippen molar-refractivity contribution in [2.75, 3.05) is 12.8 Å². The molecule has 1 aromatic carbocycles. The average molecular weight is 728 g/mol. The molecule has 0 saturated heterocycles. The van der Waals surface area contributed by atoms with Crippen LogP contribution < -0.4 is 22.1 Å². The van der Waals surface area contributed by atoms with E-state index in [9.17, 15) is 37.5 Å². The van der Waals surface area contributed by atoms with E-state index in [-0.39, 0.29) is 50.2 Å². The number of hydrogen-bond acceptors (Lipinski definition) is 9. The topological polar surface area (TPSA) is 237 Å². The number of benzene rings is 1. The Kier molecular flexibility index (Phi) is 18.6. The number of ketones is 1. The van der Waals surface area contributed by atoms with Gasteiger partial charge in [-0.15, -0.1) is 0 Å². The van der Waals surface area contributed by atoms with E-state index in [0.29, 0.717) is 12.8 Å². The summed E-state index contributed by atoms with van der Waals surface area (Å²) in [5, 5.41) is 14.6. The fourth-order valence-electron chi connectivity index (χ4n) is 4.81. The quantitative estimate of drug-likeness (QED) is 0.0504. The molecular weight excluding hydrogens is 678 g/mol. The van der Waals surface area contributed by atoms with Gasteiger partial charge in [-0.2, -0.15) is 0 Å². The van der Waals surface area contributed by atoms with Crippen molar-refractivity contribution in [3.05, 3.63) is 46.3 Å². The highest BCUT2D eigenvalue weighted by Crippen LogP contribution is 2.24. The van der Waals surface area contributed by atoms with E-state index in [0.717, 1.165) is 17.9 Å². The number of nitrogens with one attached hydrogen (secondary N) is 2. The number of rotatable bonds is 22. The van der Waals surface area contributed by atoms with Crippen molar-refractivity contribution < 1.29 is 42.2 Å². The molecule has 1 unspecified atom stereocenters. The third-order valence-corrected chi connectivity index (χ3v) is 9.73. The number of aliphatic imine (C=N–C) groups is 1. The molecule has 1 rings (SSSR count). The number of carboxylic acid groups (broad SMARTS) is 1. The molecule has 0 aliphatic carbocycles. The Morgan fingerprint density at radius 1 is 0.980 bits per heavy atom. The Morgan fingerprint density at radius 2 is 1.59 bits per heavy atom. The van der Waals surface area contributed by atoms with Crippen molar-refractivity contribution >= 4 is 56.9 Å². The van der Waals surface area contributed by atoms with Crippen molar-refractivity contribution in [3.63, 3.8) is 0 Å². The first-order valence-electron chi connectivity index (χ1n) is 16.0. The van der Waals surface area contributed by atoms with Gasteiger partial charge in [-0.25, -0.2) is 8.42 Å². The zero-order chi connectivity index (χ0) is 37.3. The zero-order valence-corrected chi connectivity index (χ0v) is 30.3. The summed E-state index contributed by atoms with van der Waals surface area (Å²) < 4.78 is 28.4. The molecule has 1 aromatic rings. The molecule has 14 nitrogen and oxygen atoms in total. The number of nitrogens with zero attached hydrogens (tertiary/aromatic N) is 1. The Labute approximate surface area is 293 Å². The van der Waals surface area contributed by atoms with Crippen molar-refractivity contribution in [1.82, 2.24) is 10.6 Å². The van der Waals surface area contributed by atoms with E-state index >= 15 is 0 Å². The van der Waals surface area contributed by atoms with Gasteiger partial charge in [-0.3, -0.25) is 29.0 Å². The first-order chi connectivity index (χ1) is 22.8. The summed E-state index contributed by atoms with van der Waals surface area (Å²) in [5.74, 6) is -6.21. The van der Waals surface area contributed by atoms with E-state index in [1.165, 1.54) is 0 Å². The summed E-state index contributed by atoms with van der Waals surface area (Å²) in [4.78, 5) is 69.0. The number of nitrogens with two attached hydrogens (primary N) is 2. The third kappa shape index (κ3) is 16.8. The van der Waals surface area contributed by atoms with Crippen LogP contribution in [0.4, 0.5) is 0 Å². The smallest absolute Gasteiger partial charge is 0.306 e. The molecule has 0 bridgehead atoms. The second-order valence-corrected chi connectivity index (χ2v) is 14.9. The molecule has 5 atom stereocenters. The summed E-state index contributed by atoms with van der Waals surface area (Å²) in [7, 11) is -3.87. The minimum absolute atomic E-state index is 0.0423. The highest BCUT2D eigenvalue weighted by molar-refractivity contribution is 7.96. The fraction of sp³-hybridized carbons (Fsp3) is 0.576. The number of halogens is 1. The van der Waals surface area contributed by atoms with Crippen LogP contribution in [-0.2, 0) is 45.2 Å². The van der Waals surface area contributed by atoms with Gasteiger partial charge in [0.1, 0.15) is 11.0 Å². The van der Waals surface area contributed by atoms with Gasteiger partial charge >= 0.3 is 11.9 Å². The van der Waals surface area contributed by atoms with Crippen LogP contribution in [0.1, 0.15) is 71.8 Å². The molecule has 0 spiro atoms. The van der Waals surface area contributed by atoms with Crippen LogP contribution in [0, 0.1) is 23.7 Å². The summed E-state index contributed by atoms with van der Waals surface area (Å²) in [6, 6.07) is 6.72. The van der Waals surface area contributed by atoms with Crippen molar-refractivity contribution in [2.24, 2.45) is 40.1 Å². The number of carboxylic acids is 1. The minimum Gasteiger partial charge on any atom is -0.481 e. The molecule has 0 radical (unpaired) electrons. The number of amides is 2. The van der Waals surface area contributed by atoms with Gasteiger partial charge in [0.05, 0.1) is 30.8 Å². The van der Waals surface area contributed by atoms with Gasteiger partial charge in [-0.1, -0.05) is 76.0 Å². The van der Waals surface area contributed by atoms with E-state index in [1.807, 2.05) is 25.1 Å². The Hall–Kier alpha value is -3.98. The number of ether oxygens (including phenoxy) is 1. The van der Waals surface area contributed by atoms with Crippen LogP contribution >= 0.6 is 11.6 Å². The molecule has 2 amide bonds. The number of esters is 1. The molecule has 274 valence electrons. The first-order valence-corrected chi connectivity index (χ1v) is 18.3. The van der Waals surface area contributed by atoms with Crippen LogP contribution in [-0.4, -0.2) is 73.9 Å². The Morgan fingerprint density at radius 3 is 2.12 bits per heavy atom. The predicted molar refractivity (Wildman–Crippen MR) is 187 cm³/mol. The molecule has 0 fully saturated rings. The minimum atomic E-state index is -3.87. The molecule has 0 aromatic heterocycles. The SMILES string of the molecule is CCC(C)[C@H](CC(=O)[C@H](CCCN=C(N)N)NC(=O)[C@@H](CC(=O)OCc1ccccc1)C(C)C)C(=O)N[C@H](/C=C(\Cl)S(C)(=O)=O)CC(=O)O. The number of carbonyl (C=O) groups is 5. The molecule has 7 N–H and O–H groups in total. The normalized spacial score (nSPS) is 14.9. The average Bonchev–Trinajstić information content (AvgIpc) is 3.01. The largest absolute Gasteiger partial charge is 0.481 e. The summed E-state index contributed by atoms with van der Waals surface area (Å²) in [6.07, 6.45) is 1.45. The van der Waals surface area contributed by atoms with Gasteiger partial charge in [0.15, 0.2) is 21.6 Å². The van der Waals surface area contributed by atoms with Gasteiger partial charge in [-0.05, 0) is 36.3 Å².